The molecule has 1 aliphatic heterocycles. The normalized spacial score (nSPS) is 13.6. The Hall–Kier alpha value is -1.75. The molecule has 0 spiro atoms. The highest BCUT2D eigenvalue weighted by atomic mass is 35.5. The molecule has 108 valence electrons. The average molecular weight is 297 g/mol. The Morgan fingerprint density at radius 2 is 2.25 bits per heavy atom. The zero-order chi connectivity index (χ0) is 14.7. The lowest BCUT2D eigenvalue weighted by Gasteiger charge is -2.21. The maximum absolute atomic E-state index is 11.9. The molecule has 0 fully saturated rings. The molecule has 0 atom stereocenters. The standard InChI is InChI=1S/C14H17ClN2O3/c1-2-17(14(19)20)8-6-10-4-3-9-5-7-16-13(18)11(9)12(10)15/h3-4H,2,5-8H2,1H3,(H,16,18)(H,19,20). The van der Waals surface area contributed by atoms with Gasteiger partial charge in [-0.2, -0.15) is 0 Å². The maximum atomic E-state index is 11.9. The minimum atomic E-state index is -0.945. The van der Waals surface area contributed by atoms with Gasteiger partial charge in [-0.15, -0.1) is 0 Å². The molecule has 0 radical (unpaired) electrons. The molecular formula is C14H17ClN2O3. The molecule has 6 heteroatoms. The number of hydrogen-bond acceptors (Lipinski definition) is 2. The number of nitrogens with one attached hydrogen (secondary N) is 1. The van der Waals surface area contributed by atoms with Gasteiger partial charge in [0, 0.05) is 19.6 Å². The van der Waals surface area contributed by atoms with E-state index in [0.717, 1.165) is 17.5 Å². The van der Waals surface area contributed by atoms with E-state index in [-0.39, 0.29) is 5.91 Å². The van der Waals surface area contributed by atoms with Crippen molar-refractivity contribution in [1.82, 2.24) is 10.2 Å². The molecule has 1 aliphatic rings. The van der Waals surface area contributed by atoms with Gasteiger partial charge < -0.3 is 15.3 Å². The first kappa shape index (κ1) is 14.7. The minimum absolute atomic E-state index is 0.149. The number of carbonyl (C=O) groups excluding carboxylic acids is 1. The van der Waals surface area contributed by atoms with Gasteiger partial charge in [-0.25, -0.2) is 4.79 Å². The zero-order valence-electron chi connectivity index (χ0n) is 11.3. The van der Waals surface area contributed by atoms with Crippen LogP contribution in [0.5, 0.6) is 0 Å². The van der Waals surface area contributed by atoms with Crippen LogP contribution >= 0.6 is 11.6 Å². The first-order valence-corrected chi connectivity index (χ1v) is 6.98. The Balaban J connectivity index is 2.19. The number of nitrogens with zero attached hydrogens (tertiary/aromatic N) is 1. The molecule has 0 unspecified atom stereocenters. The van der Waals surface area contributed by atoms with Gasteiger partial charge in [0.1, 0.15) is 0 Å². The second-order valence-electron chi connectivity index (χ2n) is 4.69. The van der Waals surface area contributed by atoms with E-state index < -0.39 is 6.09 Å². The summed E-state index contributed by atoms with van der Waals surface area (Å²) >= 11 is 6.30. The maximum Gasteiger partial charge on any atom is 0.407 e. The molecule has 0 bridgehead atoms. The van der Waals surface area contributed by atoms with E-state index in [0.29, 0.717) is 36.6 Å². The van der Waals surface area contributed by atoms with Gasteiger partial charge in [0.15, 0.2) is 0 Å². The smallest absolute Gasteiger partial charge is 0.407 e. The van der Waals surface area contributed by atoms with Crippen molar-refractivity contribution in [2.45, 2.75) is 19.8 Å². The lowest BCUT2D eigenvalue weighted by Crippen LogP contribution is -2.33. The molecule has 1 heterocycles. The van der Waals surface area contributed by atoms with Crippen molar-refractivity contribution >= 4 is 23.6 Å². The van der Waals surface area contributed by atoms with E-state index in [2.05, 4.69) is 5.32 Å². The van der Waals surface area contributed by atoms with Crippen LogP contribution < -0.4 is 5.32 Å². The van der Waals surface area contributed by atoms with E-state index >= 15 is 0 Å². The predicted octanol–water partition coefficient (Wildman–Crippen LogP) is 2.17. The summed E-state index contributed by atoms with van der Waals surface area (Å²) in [5, 5.41) is 12.2. The van der Waals surface area contributed by atoms with Gasteiger partial charge >= 0.3 is 6.09 Å². The van der Waals surface area contributed by atoms with Crippen LogP contribution in [0.25, 0.3) is 0 Å². The monoisotopic (exact) mass is 296 g/mol. The van der Waals surface area contributed by atoms with E-state index in [4.69, 9.17) is 16.7 Å². The van der Waals surface area contributed by atoms with Crippen molar-refractivity contribution in [3.63, 3.8) is 0 Å². The van der Waals surface area contributed by atoms with Crippen LogP contribution in [0.2, 0.25) is 5.02 Å². The Morgan fingerprint density at radius 1 is 1.50 bits per heavy atom. The molecule has 0 aliphatic carbocycles. The van der Waals surface area contributed by atoms with E-state index in [1.807, 2.05) is 12.1 Å². The first-order valence-electron chi connectivity index (χ1n) is 6.61. The highest BCUT2D eigenvalue weighted by Crippen LogP contribution is 2.27. The number of fused-ring (bicyclic) bond motifs is 1. The molecule has 2 N–H and O–H groups in total. The molecule has 20 heavy (non-hydrogen) atoms. The van der Waals surface area contributed by atoms with Gasteiger partial charge in [-0.1, -0.05) is 23.7 Å². The quantitative estimate of drug-likeness (QED) is 0.894. The van der Waals surface area contributed by atoms with Gasteiger partial charge in [-0.05, 0) is 30.9 Å². The van der Waals surface area contributed by atoms with Crippen LogP contribution in [0.15, 0.2) is 12.1 Å². The van der Waals surface area contributed by atoms with Crippen molar-refractivity contribution in [3.05, 3.63) is 33.8 Å². The van der Waals surface area contributed by atoms with E-state index in [1.54, 1.807) is 6.92 Å². The third-order valence-electron chi connectivity index (χ3n) is 3.52. The summed E-state index contributed by atoms with van der Waals surface area (Å²) in [7, 11) is 0. The van der Waals surface area contributed by atoms with Crippen LogP contribution in [0.3, 0.4) is 0 Å². The van der Waals surface area contributed by atoms with Crippen LogP contribution in [0, 0.1) is 0 Å². The topological polar surface area (TPSA) is 69.6 Å². The molecule has 1 aromatic carbocycles. The average Bonchev–Trinajstić information content (AvgIpc) is 2.41. The van der Waals surface area contributed by atoms with Crippen LogP contribution in [-0.4, -0.2) is 41.6 Å². The van der Waals surface area contributed by atoms with Gasteiger partial charge in [-0.3, -0.25) is 4.79 Å². The summed E-state index contributed by atoms with van der Waals surface area (Å²) in [4.78, 5) is 24.1. The molecule has 0 saturated heterocycles. The summed E-state index contributed by atoms with van der Waals surface area (Å²) in [6.45, 7) is 3.21. The van der Waals surface area contributed by atoms with Crippen molar-refractivity contribution in [1.29, 1.82) is 0 Å². The van der Waals surface area contributed by atoms with Gasteiger partial charge in [0.2, 0.25) is 0 Å². The summed E-state index contributed by atoms with van der Waals surface area (Å²) < 4.78 is 0. The van der Waals surface area contributed by atoms with Crippen molar-refractivity contribution in [2.75, 3.05) is 19.6 Å². The predicted molar refractivity (Wildman–Crippen MR) is 76.5 cm³/mol. The van der Waals surface area contributed by atoms with Crippen molar-refractivity contribution < 1.29 is 14.7 Å². The molecule has 0 saturated carbocycles. The van der Waals surface area contributed by atoms with Gasteiger partial charge in [0.05, 0.1) is 10.6 Å². The fourth-order valence-electron chi connectivity index (χ4n) is 2.35. The van der Waals surface area contributed by atoms with E-state index in [1.165, 1.54) is 4.90 Å². The number of rotatable bonds is 4. The lowest BCUT2D eigenvalue weighted by atomic mass is 9.96. The van der Waals surface area contributed by atoms with Crippen molar-refractivity contribution in [3.8, 4) is 0 Å². The number of hydrogen-bond donors (Lipinski definition) is 2. The zero-order valence-corrected chi connectivity index (χ0v) is 12.0. The summed E-state index contributed by atoms with van der Waals surface area (Å²) in [6, 6.07) is 3.79. The summed E-state index contributed by atoms with van der Waals surface area (Å²) in [5.41, 5.74) is 2.30. The number of carboxylic acid groups (broad SMARTS) is 1. The molecule has 1 aromatic rings. The number of halogens is 1. The fraction of sp³-hybridized carbons (Fsp3) is 0.429. The molecule has 2 amide bonds. The number of likely N-dealkylation sites (N-methyl/N-ethyl adjacent to an activating group) is 1. The lowest BCUT2D eigenvalue weighted by molar-refractivity contribution is 0.0945. The highest BCUT2D eigenvalue weighted by Gasteiger charge is 2.22. The van der Waals surface area contributed by atoms with Crippen LogP contribution in [0.1, 0.15) is 28.4 Å². The number of carbonyl (C=O) groups is 2. The molecule has 0 aromatic heterocycles. The van der Waals surface area contributed by atoms with Gasteiger partial charge in [0.25, 0.3) is 5.91 Å². The highest BCUT2D eigenvalue weighted by molar-refractivity contribution is 6.35. The Bertz CT molecular complexity index is 545. The van der Waals surface area contributed by atoms with Crippen LogP contribution in [0.4, 0.5) is 4.79 Å². The number of amides is 2. The first-order chi connectivity index (χ1) is 9.54. The van der Waals surface area contributed by atoms with Crippen LogP contribution in [-0.2, 0) is 12.8 Å². The Morgan fingerprint density at radius 3 is 2.90 bits per heavy atom. The number of benzene rings is 1. The minimum Gasteiger partial charge on any atom is -0.465 e. The van der Waals surface area contributed by atoms with E-state index in [9.17, 15) is 9.59 Å². The van der Waals surface area contributed by atoms with Crippen molar-refractivity contribution in [2.24, 2.45) is 0 Å². The summed E-state index contributed by atoms with van der Waals surface area (Å²) in [6.07, 6.45) is 0.330. The third kappa shape index (κ3) is 2.88. The third-order valence-corrected chi connectivity index (χ3v) is 3.95. The largest absolute Gasteiger partial charge is 0.465 e. The second-order valence-corrected chi connectivity index (χ2v) is 5.07. The molecular weight excluding hydrogens is 280 g/mol. The second kappa shape index (κ2) is 6.13. The Labute approximate surface area is 122 Å². The SMILES string of the molecule is CCN(CCc1ccc2c(c1Cl)C(=O)NCC2)C(=O)O. The molecule has 5 nitrogen and oxygen atoms in total. The fourth-order valence-corrected chi connectivity index (χ4v) is 2.71. The Kier molecular flexibility index (Phi) is 4.49. The summed E-state index contributed by atoms with van der Waals surface area (Å²) in [5.74, 6) is -0.149. The molecule has 2 rings (SSSR count).